The van der Waals surface area contributed by atoms with Crippen LogP contribution in [0.25, 0.3) is 22.3 Å². The fraction of sp³-hybridized carbons (Fsp3) is 0.435. The number of aromatic amines is 1. The summed E-state index contributed by atoms with van der Waals surface area (Å²) >= 11 is 0. The average Bonchev–Trinajstić information content (AvgIpc) is 3.25. The van der Waals surface area contributed by atoms with Gasteiger partial charge in [0.05, 0.1) is 4.90 Å². The van der Waals surface area contributed by atoms with Crippen molar-refractivity contribution >= 4 is 27.0 Å². The van der Waals surface area contributed by atoms with E-state index in [4.69, 9.17) is 5.73 Å². The molecule has 1 atom stereocenters. The van der Waals surface area contributed by atoms with Crippen molar-refractivity contribution in [1.29, 1.82) is 0 Å². The predicted octanol–water partition coefficient (Wildman–Crippen LogP) is 0.277. The van der Waals surface area contributed by atoms with Crippen LogP contribution < -0.4 is 26.8 Å². The fourth-order valence-corrected chi connectivity index (χ4v) is 5.37. The Kier molecular flexibility index (Phi) is 7.96. The molecule has 0 spiro atoms. The highest BCUT2D eigenvalue weighted by molar-refractivity contribution is 7.89. The first-order valence-electron chi connectivity index (χ1n) is 11.8. The fourth-order valence-electron chi connectivity index (χ4n) is 4.10. The monoisotopic (exact) mass is 501 g/mol. The second-order valence-electron chi connectivity index (χ2n) is 8.63. The molecule has 6 N–H and O–H groups in total. The number of piperidine rings is 1. The molecule has 12 heteroatoms. The third kappa shape index (κ3) is 6.34. The van der Waals surface area contributed by atoms with E-state index in [0.29, 0.717) is 38.2 Å². The molecule has 0 bridgehead atoms. The van der Waals surface area contributed by atoms with Crippen LogP contribution in [0.5, 0.6) is 0 Å². The van der Waals surface area contributed by atoms with Crippen molar-refractivity contribution in [3.05, 3.63) is 47.0 Å². The molecule has 1 fully saturated rings. The smallest absolute Gasteiger partial charge is 0.349 e. The number of rotatable bonds is 10. The highest BCUT2D eigenvalue weighted by atomic mass is 32.2. The number of hydrogen-bond acceptors (Lipinski definition) is 7. The largest absolute Gasteiger partial charge is 0.356 e. The second kappa shape index (κ2) is 11.1. The predicted molar refractivity (Wildman–Crippen MR) is 133 cm³/mol. The number of aryl methyl sites for hydroxylation is 1. The lowest BCUT2D eigenvalue weighted by Gasteiger charge is -2.23. The summed E-state index contributed by atoms with van der Waals surface area (Å²) in [5.41, 5.74) is 6.94. The molecule has 11 nitrogen and oxygen atoms in total. The topological polar surface area (TPSA) is 164 Å². The van der Waals surface area contributed by atoms with E-state index in [-0.39, 0.29) is 29.0 Å². The van der Waals surface area contributed by atoms with Gasteiger partial charge in [-0.15, -0.1) is 0 Å². The SMILES string of the molecule is NCCC(=O)NCCCn1cc2cc(-c3ccc(S(=O)(=O)N[C@@H]4CCCNC4)cc3)[nH]c2nc1=O. The average molecular weight is 502 g/mol. The Bertz CT molecular complexity index is 1330. The van der Waals surface area contributed by atoms with E-state index in [1.807, 2.05) is 6.07 Å². The Morgan fingerprint density at radius 3 is 2.77 bits per heavy atom. The van der Waals surface area contributed by atoms with Gasteiger partial charge in [-0.3, -0.25) is 9.36 Å². The maximum Gasteiger partial charge on any atom is 0.349 e. The van der Waals surface area contributed by atoms with Crippen LogP contribution in [0.4, 0.5) is 0 Å². The van der Waals surface area contributed by atoms with E-state index >= 15 is 0 Å². The highest BCUT2D eigenvalue weighted by Crippen LogP contribution is 2.24. The molecule has 1 saturated heterocycles. The standard InChI is InChI=1S/C23H31N7O4S/c24-9-8-21(31)26-11-2-12-30-15-17-13-20(27-22(17)28-23(30)32)16-4-6-19(7-5-16)35(33,34)29-18-3-1-10-25-14-18/h4-7,13,15,18,25,29H,1-3,8-12,14,24H2,(H,26,31)(H,27,28,32)/t18-/m1/s1. The van der Waals surface area contributed by atoms with Gasteiger partial charge in [-0.1, -0.05) is 12.1 Å². The molecule has 2 aromatic heterocycles. The quantitative estimate of drug-likeness (QED) is 0.249. The molecule has 1 aliphatic heterocycles. The normalized spacial score (nSPS) is 16.4. The first-order chi connectivity index (χ1) is 16.9. The van der Waals surface area contributed by atoms with Gasteiger partial charge in [0.2, 0.25) is 15.9 Å². The number of nitrogens with zero attached hydrogens (tertiary/aromatic N) is 2. The van der Waals surface area contributed by atoms with Crippen LogP contribution in [0.1, 0.15) is 25.7 Å². The van der Waals surface area contributed by atoms with Crippen molar-refractivity contribution < 1.29 is 13.2 Å². The van der Waals surface area contributed by atoms with E-state index in [2.05, 4.69) is 25.3 Å². The van der Waals surface area contributed by atoms with Crippen molar-refractivity contribution in [2.75, 3.05) is 26.2 Å². The van der Waals surface area contributed by atoms with Crippen molar-refractivity contribution in [2.24, 2.45) is 5.73 Å². The summed E-state index contributed by atoms with van der Waals surface area (Å²) in [6.45, 7) is 2.71. The van der Waals surface area contributed by atoms with Gasteiger partial charge in [0.15, 0.2) is 0 Å². The van der Waals surface area contributed by atoms with E-state index < -0.39 is 10.0 Å². The van der Waals surface area contributed by atoms with Crippen LogP contribution in [0.3, 0.4) is 0 Å². The first kappa shape index (κ1) is 25.0. The lowest BCUT2D eigenvalue weighted by molar-refractivity contribution is -0.120. The number of amides is 1. The van der Waals surface area contributed by atoms with Gasteiger partial charge < -0.3 is 21.4 Å². The summed E-state index contributed by atoms with van der Waals surface area (Å²) in [7, 11) is -3.60. The minimum Gasteiger partial charge on any atom is -0.356 e. The number of carbonyl (C=O) groups is 1. The number of sulfonamides is 1. The Hall–Kier alpha value is -3.06. The lowest BCUT2D eigenvalue weighted by Crippen LogP contribution is -2.45. The molecule has 0 aliphatic carbocycles. The maximum absolute atomic E-state index is 12.7. The van der Waals surface area contributed by atoms with Gasteiger partial charge >= 0.3 is 5.69 Å². The Labute approximate surface area is 203 Å². The number of nitrogens with two attached hydrogens (primary N) is 1. The van der Waals surface area contributed by atoms with Crippen molar-refractivity contribution in [3.8, 4) is 11.3 Å². The van der Waals surface area contributed by atoms with Gasteiger partial charge in [-0.25, -0.2) is 17.9 Å². The molecule has 4 rings (SSSR count). The number of benzene rings is 1. The van der Waals surface area contributed by atoms with Crippen LogP contribution in [-0.2, 0) is 21.4 Å². The molecule has 3 aromatic rings. The van der Waals surface area contributed by atoms with E-state index in [1.165, 1.54) is 4.57 Å². The number of carbonyl (C=O) groups excluding carboxylic acids is 1. The van der Waals surface area contributed by atoms with Crippen LogP contribution in [0, 0.1) is 0 Å². The van der Waals surface area contributed by atoms with Gasteiger partial charge in [0, 0.05) is 55.9 Å². The Morgan fingerprint density at radius 2 is 2.06 bits per heavy atom. The van der Waals surface area contributed by atoms with Crippen LogP contribution in [0.15, 0.2) is 46.2 Å². The zero-order valence-corrected chi connectivity index (χ0v) is 20.2. The number of nitrogens with one attached hydrogen (secondary N) is 4. The molecule has 0 unspecified atom stereocenters. The molecule has 3 heterocycles. The van der Waals surface area contributed by atoms with E-state index in [0.717, 1.165) is 36.0 Å². The molecule has 0 radical (unpaired) electrons. The highest BCUT2D eigenvalue weighted by Gasteiger charge is 2.21. The minimum atomic E-state index is -3.60. The van der Waals surface area contributed by atoms with Crippen LogP contribution in [0.2, 0.25) is 0 Å². The van der Waals surface area contributed by atoms with Crippen molar-refractivity contribution in [1.82, 2.24) is 29.9 Å². The lowest BCUT2D eigenvalue weighted by atomic mass is 10.1. The van der Waals surface area contributed by atoms with Gasteiger partial charge in [-0.2, -0.15) is 4.98 Å². The van der Waals surface area contributed by atoms with Gasteiger partial charge in [0.25, 0.3) is 0 Å². The first-order valence-corrected chi connectivity index (χ1v) is 13.2. The third-order valence-electron chi connectivity index (χ3n) is 5.94. The number of H-pyrrole nitrogens is 1. The van der Waals surface area contributed by atoms with E-state index in [9.17, 15) is 18.0 Å². The minimum absolute atomic E-state index is 0.107. The van der Waals surface area contributed by atoms with Crippen LogP contribution >= 0.6 is 0 Å². The number of hydrogen-bond donors (Lipinski definition) is 5. The molecule has 0 saturated carbocycles. The van der Waals surface area contributed by atoms with Crippen LogP contribution in [-0.4, -0.2) is 61.1 Å². The summed E-state index contributed by atoms with van der Waals surface area (Å²) in [6, 6.07) is 8.37. The van der Waals surface area contributed by atoms with Crippen molar-refractivity contribution in [2.45, 2.75) is 43.2 Å². The summed E-state index contributed by atoms with van der Waals surface area (Å²) in [5.74, 6) is -0.107. The number of aromatic nitrogens is 3. The molecule has 1 aromatic carbocycles. The summed E-state index contributed by atoms with van der Waals surface area (Å²) < 4.78 is 29.7. The summed E-state index contributed by atoms with van der Waals surface area (Å²) in [4.78, 5) is 31.3. The Morgan fingerprint density at radius 1 is 1.26 bits per heavy atom. The third-order valence-corrected chi connectivity index (χ3v) is 7.47. The zero-order chi connectivity index (χ0) is 24.8. The number of fused-ring (bicyclic) bond motifs is 1. The zero-order valence-electron chi connectivity index (χ0n) is 19.4. The Balaban J connectivity index is 1.44. The van der Waals surface area contributed by atoms with Gasteiger partial charge in [0.1, 0.15) is 5.65 Å². The second-order valence-corrected chi connectivity index (χ2v) is 10.3. The molecule has 35 heavy (non-hydrogen) atoms. The maximum atomic E-state index is 12.7. The van der Waals surface area contributed by atoms with Crippen molar-refractivity contribution in [3.63, 3.8) is 0 Å². The summed E-state index contributed by atoms with van der Waals surface area (Å²) in [5, 5.41) is 6.72. The molecule has 1 aliphatic rings. The molecular weight excluding hydrogens is 470 g/mol. The van der Waals surface area contributed by atoms with E-state index in [1.54, 1.807) is 30.5 Å². The summed E-state index contributed by atoms with van der Waals surface area (Å²) in [6.07, 6.45) is 4.35. The molecule has 188 valence electrons. The van der Waals surface area contributed by atoms with Gasteiger partial charge in [-0.05, 0) is 49.6 Å². The molecule has 1 amide bonds. The molecular formula is C23H31N7O4S.